The maximum Gasteiger partial charge on any atom is 0.222 e. The number of carbonyl (C=O) groups excluding carboxylic acids is 1. The predicted octanol–water partition coefficient (Wildman–Crippen LogP) is 2.21. The number of amides is 1. The molecule has 0 aliphatic carbocycles. The highest BCUT2D eigenvalue weighted by molar-refractivity contribution is 5.76. The monoisotopic (exact) mass is 306 g/mol. The summed E-state index contributed by atoms with van der Waals surface area (Å²) in [5.74, 6) is 0.936. The standard InChI is InChI=1S/C17H26N2O3/c1-3-22-11-9-17(20)18-14-6-5-10-19(13-14)15-7-4-8-16(12-15)21-2/h4,7-8,12,14H,3,5-6,9-11,13H2,1-2H3,(H,18,20)/t14-/m0/s1. The van der Waals surface area contributed by atoms with Gasteiger partial charge in [0.15, 0.2) is 0 Å². The highest BCUT2D eigenvalue weighted by atomic mass is 16.5. The average molecular weight is 306 g/mol. The van der Waals surface area contributed by atoms with E-state index in [1.807, 2.05) is 25.1 Å². The van der Waals surface area contributed by atoms with Gasteiger partial charge in [0.05, 0.1) is 13.7 Å². The lowest BCUT2D eigenvalue weighted by Crippen LogP contribution is -2.48. The molecule has 1 aliphatic heterocycles. The summed E-state index contributed by atoms with van der Waals surface area (Å²) < 4.78 is 10.5. The van der Waals surface area contributed by atoms with Crippen molar-refractivity contribution >= 4 is 11.6 Å². The van der Waals surface area contributed by atoms with Crippen molar-refractivity contribution in [2.75, 3.05) is 38.3 Å². The smallest absolute Gasteiger partial charge is 0.222 e. The molecule has 1 aromatic carbocycles. The molecule has 1 aliphatic rings. The minimum absolute atomic E-state index is 0.0749. The number of anilines is 1. The van der Waals surface area contributed by atoms with Crippen LogP contribution in [0.1, 0.15) is 26.2 Å². The van der Waals surface area contributed by atoms with Crippen LogP contribution in [0.3, 0.4) is 0 Å². The molecule has 0 saturated carbocycles. The first-order valence-electron chi connectivity index (χ1n) is 7.99. The minimum Gasteiger partial charge on any atom is -0.497 e. The Labute approximate surface area is 132 Å². The molecule has 0 spiro atoms. The number of nitrogens with one attached hydrogen (secondary N) is 1. The first kappa shape index (κ1) is 16.6. The van der Waals surface area contributed by atoms with Crippen LogP contribution in [0.4, 0.5) is 5.69 Å². The highest BCUT2D eigenvalue weighted by Crippen LogP contribution is 2.24. The first-order valence-corrected chi connectivity index (χ1v) is 7.99. The van der Waals surface area contributed by atoms with Gasteiger partial charge >= 0.3 is 0 Å². The van der Waals surface area contributed by atoms with Crippen LogP contribution < -0.4 is 15.0 Å². The number of nitrogens with zero attached hydrogens (tertiary/aromatic N) is 1. The molecule has 1 fully saturated rings. The fourth-order valence-electron chi connectivity index (χ4n) is 2.75. The van der Waals surface area contributed by atoms with Gasteiger partial charge in [-0.1, -0.05) is 6.07 Å². The van der Waals surface area contributed by atoms with Crippen molar-refractivity contribution in [3.05, 3.63) is 24.3 Å². The van der Waals surface area contributed by atoms with Crippen LogP contribution in [0.2, 0.25) is 0 Å². The second kappa shape index (κ2) is 8.63. The van der Waals surface area contributed by atoms with E-state index in [1.165, 1.54) is 0 Å². The van der Waals surface area contributed by atoms with E-state index in [-0.39, 0.29) is 11.9 Å². The second-order valence-corrected chi connectivity index (χ2v) is 5.50. The molecular formula is C17H26N2O3. The van der Waals surface area contributed by atoms with Gasteiger partial charge in [-0.25, -0.2) is 0 Å². The van der Waals surface area contributed by atoms with Gasteiger partial charge in [0, 0.05) is 43.9 Å². The number of hydrogen-bond acceptors (Lipinski definition) is 4. The molecule has 0 bridgehead atoms. The van der Waals surface area contributed by atoms with Gasteiger partial charge in [0.1, 0.15) is 5.75 Å². The van der Waals surface area contributed by atoms with E-state index in [2.05, 4.69) is 16.3 Å². The van der Waals surface area contributed by atoms with Crippen molar-refractivity contribution in [3.63, 3.8) is 0 Å². The van der Waals surface area contributed by atoms with Gasteiger partial charge in [-0.05, 0) is 31.9 Å². The zero-order chi connectivity index (χ0) is 15.8. The Morgan fingerprint density at radius 2 is 2.32 bits per heavy atom. The molecule has 0 radical (unpaired) electrons. The summed E-state index contributed by atoms with van der Waals surface area (Å²) in [6.45, 7) is 4.94. The highest BCUT2D eigenvalue weighted by Gasteiger charge is 2.21. The summed E-state index contributed by atoms with van der Waals surface area (Å²) in [6, 6.07) is 8.27. The van der Waals surface area contributed by atoms with Crippen LogP contribution in [0.25, 0.3) is 0 Å². The lowest BCUT2D eigenvalue weighted by molar-refractivity contribution is -0.122. The third-order valence-corrected chi connectivity index (χ3v) is 3.88. The van der Waals surface area contributed by atoms with Crippen molar-refractivity contribution in [1.82, 2.24) is 5.32 Å². The maximum absolute atomic E-state index is 11.9. The topological polar surface area (TPSA) is 50.8 Å². The number of hydrogen-bond donors (Lipinski definition) is 1. The number of rotatable bonds is 7. The van der Waals surface area contributed by atoms with Crippen molar-refractivity contribution in [2.45, 2.75) is 32.2 Å². The number of benzene rings is 1. The third-order valence-electron chi connectivity index (χ3n) is 3.88. The molecule has 1 aromatic rings. The molecule has 0 aromatic heterocycles. The van der Waals surface area contributed by atoms with Crippen LogP contribution in [0.15, 0.2) is 24.3 Å². The van der Waals surface area contributed by atoms with Crippen molar-refractivity contribution in [3.8, 4) is 5.75 Å². The number of methoxy groups -OCH3 is 1. The van der Waals surface area contributed by atoms with Crippen LogP contribution in [-0.2, 0) is 9.53 Å². The summed E-state index contributed by atoms with van der Waals surface area (Å²) in [5.41, 5.74) is 1.15. The fourth-order valence-corrected chi connectivity index (χ4v) is 2.75. The second-order valence-electron chi connectivity index (χ2n) is 5.50. The van der Waals surface area contributed by atoms with E-state index in [0.29, 0.717) is 19.6 Å². The SMILES string of the molecule is CCOCCC(=O)N[C@H]1CCCN(c2cccc(OC)c2)C1. The van der Waals surface area contributed by atoms with E-state index in [9.17, 15) is 4.79 Å². The van der Waals surface area contributed by atoms with Crippen molar-refractivity contribution in [1.29, 1.82) is 0 Å². The summed E-state index contributed by atoms with van der Waals surface area (Å²) in [6.07, 6.45) is 2.54. The summed E-state index contributed by atoms with van der Waals surface area (Å²) in [5, 5.41) is 3.11. The number of ether oxygens (including phenoxy) is 2. The van der Waals surface area contributed by atoms with Crippen molar-refractivity contribution in [2.24, 2.45) is 0 Å². The predicted molar refractivity (Wildman–Crippen MR) is 87.5 cm³/mol. The van der Waals surface area contributed by atoms with E-state index in [1.54, 1.807) is 7.11 Å². The molecule has 2 rings (SSSR count). The normalized spacial score (nSPS) is 18.1. The zero-order valence-electron chi connectivity index (χ0n) is 13.5. The number of carbonyl (C=O) groups is 1. The van der Waals surface area contributed by atoms with E-state index >= 15 is 0 Å². The van der Waals surface area contributed by atoms with Gasteiger partial charge in [0.25, 0.3) is 0 Å². The molecule has 122 valence electrons. The molecule has 5 heteroatoms. The molecule has 1 heterocycles. The molecule has 22 heavy (non-hydrogen) atoms. The van der Waals surface area contributed by atoms with E-state index in [4.69, 9.17) is 9.47 Å². The largest absolute Gasteiger partial charge is 0.497 e. The van der Waals surface area contributed by atoms with E-state index in [0.717, 1.165) is 37.4 Å². The number of piperidine rings is 1. The Morgan fingerprint density at radius 3 is 3.09 bits per heavy atom. The van der Waals surface area contributed by atoms with Crippen LogP contribution in [0, 0.1) is 0 Å². The van der Waals surface area contributed by atoms with Gasteiger partial charge in [0.2, 0.25) is 5.91 Å². The molecule has 1 N–H and O–H groups in total. The van der Waals surface area contributed by atoms with Crippen LogP contribution in [-0.4, -0.2) is 45.4 Å². The average Bonchev–Trinajstić information content (AvgIpc) is 2.55. The van der Waals surface area contributed by atoms with Crippen LogP contribution >= 0.6 is 0 Å². The molecular weight excluding hydrogens is 280 g/mol. The molecule has 1 amide bonds. The molecule has 5 nitrogen and oxygen atoms in total. The molecule has 1 saturated heterocycles. The van der Waals surface area contributed by atoms with Gasteiger partial charge < -0.3 is 19.7 Å². The lowest BCUT2D eigenvalue weighted by Gasteiger charge is -2.35. The fraction of sp³-hybridized carbons (Fsp3) is 0.588. The van der Waals surface area contributed by atoms with Gasteiger partial charge in [-0.2, -0.15) is 0 Å². The summed E-state index contributed by atoms with van der Waals surface area (Å²) in [7, 11) is 1.68. The first-order chi connectivity index (χ1) is 10.7. The minimum atomic E-state index is 0.0749. The van der Waals surface area contributed by atoms with Gasteiger partial charge in [-0.15, -0.1) is 0 Å². The summed E-state index contributed by atoms with van der Waals surface area (Å²) >= 11 is 0. The third kappa shape index (κ3) is 4.91. The van der Waals surface area contributed by atoms with Crippen LogP contribution in [0.5, 0.6) is 5.75 Å². The maximum atomic E-state index is 11.9. The lowest BCUT2D eigenvalue weighted by atomic mass is 10.0. The Hall–Kier alpha value is -1.75. The van der Waals surface area contributed by atoms with Gasteiger partial charge in [-0.3, -0.25) is 4.79 Å². The summed E-state index contributed by atoms with van der Waals surface area (Å²) in [4.78, 5) is 14.2. The van der Waals surface area contributed by atoms with E-state index < -0.39 is 0 Å². The zero-order valence-corrected chi connectivity index (χ0v) is 13.5. The Morgan fingerprint density at radius 1 is 1.45 bits per heavy atom. The quantitative estimate of drug-likeness (QED) is 0.785. The Bertz CT molecular complexity index is 479. The molecule has 1 atom stereocenters. The Balaban J connectivity index is 1.87. The Kier molecular flexibility index (Phi) is 6.52. The van der Waals surface area contributed by atoms with Crippen molar-refractivity contribution < 1.29 is 14.3 Å². The molecule has 0 unspecified atom stereocenters.